The minimum Gasteiger partial charge on any atom is -0.389 e. The number of para-hydroxylation sites is 1. The molecule has 1 aliphatic heterocycles. The summed E-state index contributed by atoms with van der Waals surface area (Å²) in [5.74, 6) is 0. The molecule has 0 radical (unpaired) electrons. The van der Waals surface area contributed by atoms with E-state index in [1.54, 1.807) is 0 Å². The van der Waals surface area contributed by atoms with Gasteiger partial charge < -0.3 is 15.4 Å². The minimum atomic E-state index is 0.416. The molecule has 1 atom stereocenters. The summed E-state index contributed by atoms with van der Waals surface area (Å²) in [6.07, 6.45) is 1.06. The van der Waals surface area contributed by atoms with E-state index in [1.807, 2.05) is 18.2 Å². The standard InChI is InChI=1S/C13H18N2OS/c1-2-10-9-16-8-7-15(10)12-6-4-3-5-11(12)13(14)17/h3-6,10H,2,7-9H2,1H3,(H2,14,17). The summed E-state index contributed by atoms with van der Waals surface area (Å²) in [5, 5.41) is 0. The van der Waals surface area contributed by atoms with E-state index < -0.39 is 0 Å². The van der Waals surface area contributed by atoms with Crippen LogP contribution in [-0.2, 0) is 4.74 Å². The molecule has 1 heterocycles. The Balaban J connectivity index is 2.34. The highest BCUT2D eigenvalue weighted by molar-refractivity contribution is 7.80. The van der Waals surface area contributed by atoms with E-state index >= 15 is 0 Å². The maximum atomic E-state index is 5.78. The molecule has 17 heavy (non-hydrogen) atoms. The first-order valence-corrected chi connectivity index (χ1v) is 6.38. The Kier molecular flexibility index (Phi) is 3.97. The third-order valence-electron chi connectivity index (χ3n) is 3.18. The summed E-state index contributed by atoms with van der Waals surface area (Å²) in [6, 6.07) is 8.49. The third kappa shape index (κ3) is 2.58. The van der Waals surface area contributed by atoms with Gasteiger partial charge in [0, 0.05) is 17.8 Å². The smallest absolute Gasteiger partial charge is 0.106 e. The molecule has 0 spiro atoms. The Morgan fingerprint density at radius 2 is 2.29 bits per heavy atom. The van der Waals surface area contributed by atoms with E-state index in [2.05, 4.69) is 17.9 Å². The number of anilines is 1. The van der Waals surface area contributed by atoms with Crippen molar-refractivity contribution in [2.75, 3.05) is 24.7 Å². The van der Waals surface area contributed by atoms with Gasteiger partial charge in [-0.25, -0.2) is 0 Å². The molecule has 1 aliphatic rings. The Labute approximate surface area is 108 Å². The molecule has 3 nitrogen and oxygen atoms in total. The van der Waals surface area contributed by atoms with E-state index in [0.717, 1.165) is 37.4 Å². The second-order valence-electron chi connectivity index (χ2n) is 4.21. The maximum Gasteiger partial charge on any atom is 0.106 e. The highest BCUT2D eigenvalue weighted by Gasteiger charge is 2.23. The van der Waals surface area contributed by atoms with E-state index in [4.69, 9.17) is 22.7 Å². The van der Waals surface area contributed by atoms with Crippen LogP contribution in [0, 0.1) is 0 Å². The Morgan fingerprint density at radius 1 is 1.53 bits per heavy atom. The van der Waals surface area contributed by atoms with Crippen molar-refractivity contribution in [3.05, 3.63) is 29.8 Å². The first kappa shape index (κ1) is 12.3. The summed E-state index contributed by atoms with van der Waals surface area (Å²) in [7, 11) is 0. The molecule has 1 fully saturated rings. The molecule has 2 rings (SSSR count). The van der Waals surface area contributed by atoms with Gasteiger partial charge >= 0.3 is 0 Å². The molecule has 0 saturated carbocycles. The van der Waals surface area contributed by atoms with Crippen LogP contribution in [0.5, 0.6) is 0 Å². The monoisotopic (exact) mass is 250 g/mol. The van der Waals surface area contributed by atoms with Gasteiger partial charge in [-0.1, -0.05) is 31.3 Å². The molecule has 0 amide bonds. The van der Waals surface area contributed by atoms with Gasteiger partial charge in [0.25, 0.3) is 0 Å². The fraction of sp³-hybridized carbons (Fsp3) is 0.462. The zero-order chi connectivity index (χ0) is 12.3. The SMILES string of the molecule is CCC1COCCN1c1ccccc1C(N)=S. The summed E-state index contributed by atoms with van der Waals surface area (Å²) in [6.45, 7) is 4.62. The van der Waals surface area contributed by atoms with Crippen molar-refractivity contribution in [2.24, 2.45) is 5.73 Å². The fourth-order valence-electron chi connectivity index (χ4n) is 2.24. The van der Waals surface area contributed by atoms with E-state index in [0.29, 0.717) is 11.0 Å². The minimum absolute atomic E-state index is 0.416. The van der Waals surface area contributed by atoms with Crippen molar-refractivity contribution in [3.63, 3.8) is 0 Å². The number of benzene rings is 1. The summed E-state index contributed by atoms with van der Waals surface area (Å²) < 4.78 is 5.52. The molecule has 0 bridgehead atoms. The van der Waals surface area contributed by atoms with Crippen LogP contribution >= 0.6 is 12.2 Å². The first-order valence-electron chi connectivity index (χ1n) is 5.97. The lowest BCUT2D eigenvalue weighted by Crippen LogP contribution is -2.45. The molecular formula is C13H18N2OS. The van der Waals surface area contributed by atoms with Crippen LogP contribution in [0.4, 0.5) is 5.69 Å². The van der Waals surface area contributed by atoms with Crippen molar-refractivity contribution in [2.45, 2.75) is 19.4 Å². The Morgan fingerprint density at radius 3 is 3.00 bits per heavy atom. The lowest BCUT2D eigenvalue weighted by Gasteiger charge is -2.37. The molecule has 1 aromatic carbocycles. The number of morpholine rings is 1. The molecule has 2 N–H and O–H groups in total. The second kappa shape index (κ2) is 5.47. The Bertz CT molecular complexity index is 408. The lowest BCUT2D eigenvalue weighted by molar-refractivity contribution is 0.0930. The fourth-order valence-corrected chi connectivity index (χ4v) is 2.42. The van der Waals surface area contributed by atoms with Crippen molar-refractivity contribution in [1.82, 2.24) is 0 Å². The van der Waals surface area contributed by atoms with E-state index in [-0.39, 0.29) is 0 Å². The van der Waals surface area contributed by atoms with Crippen LogP contribution in [0.25, 0.3) is 0 Å². The molecular weight excluding hydrogens is 232 g/mol. The predicted molar refractivity (Wildman–Crippen MR) is 74.6 cm³/mol. The van der Waals surface area contributed by atoms with Crippen molar-refractivity contribution >= 4 is 22.9 Å². The molecule has 92 valence electrons. The second-order valence-corrected chi connectivity index (χ2v) is 4.65. The largest absolute Gasteiger partial charge is 0.389 e. The highest BCUT2D eigenvalue weighted by Crippen LogP contribution is 2.25. The molecule has 1 unspecified atom stereocenters. The van der Waals surface area contributed by atoms with Crippen molar-refractivity contribution < 1.29 is 4.74 Å². The number of thiocarbonyl (C=S) groups is 1. The van der Waals surface area contributed by atoms with Gasteiger partial charge in [0.05, 0.1) is 19.3 Å². The average molecular weight is 250 g/mol. The summed E-state index contributed by atoms with van der Waals surface area (Å²) in [4.78, 5) is 2.82. The lowest BCUT2D eigenvalue weighted by atomic mass is 10.1. The van der Waals surface area contributed by atoms with Gasteiger partial charge in [0.15, 0.2) is 0 Å². The summed E-state index contributed by atoms with van der Waals surface area (Å²) >= 11 is 5.11. The number of hydrogen-bond donors (Lipinski definition) is 1. The molecule has 0 aromatic heterocycles. The van der Waals surface area contributed by atoms with Crippen molar-refractivity contribution in [3.8, 4) is 0 Å². The Hall–Kier alpha value is -1.13. The van der Waals surface area contributed by atoms with Gasteiger partial charge in [0.1, 0.15) is 4.99 Å². The number of rotatable bonds is 3. The van der Waals surface area contributed by atoms with Crippen LogP contribution in [0.2, 0.25) is 0 Å². The topological polar surface area (TPSA) is 38.5 Å². The van der Waals surface area contributed by atoms with Crippen LogP contribution in [0.3, 0.4) is 0 Å². The maximum absolute atomic E-state index is 5.78. The first-order chi connectivity index (χ1) is 8.24. The zero-order valence-electron chi connectivity index (χ0n) is 10.1. The third-order valence-corrected chi connectivity index (χ3v) is 3.40. The van der Waals surface area contributed by atoms with Crippen LogP contribution in [0.1, 0.15) is 18.9 Å². The predicted octanol–water partition coefficient (Wildman–Crippen LogP) is 1.94. The molecule has 1 aromatic rings. The van der Waals surface area contributed by atoms with Crippen molar-refractivity contribution in [1.29, 1.82) is 0 Å². The van der Waals surface area contributed by atoms with E-state index in [9.17, 15) is 0 Å². The van der Waals surface area contributed by atoms with Gasteiger partial charge in [-0.15, -0.1) is 0 Å². The van der Waals surface area contributed by atoms with Crippen LogP contribution in [0.15, 0.2) is 24.3 Å². The number of nitrogens with zero attached hydrogens (tertiary/aromatic N) is 1. The van der Waals surface area contributed by atoms with E-state index in [1.165, 1.54) is 0 Å². The van der Waals surface area contributed by atoms with Crippen LogP contribution in [-0.4, -0.2) is 30.8 Å². The number of ether oxygens (including phenoxy) is 1. The van der Waals surface area contributed by atoms with Gasteiger partial charge in [-0.05, 0) is 18.6 Å². The summed E-state index contributed by atoms with van der Waals surface area (Å²) in [5.41, 5.74) is 7.88. The normalized spacial score (nSPS) is 20.3. The van der Waals surface area contributed by atoms with Gasteiger partial charge in [0.2, 0.25) is 0 Å². The quantitative estimate of drug-likeness (QED) is 0.832. The number of hydrogen-bond acceptors (Lipinski definition) is 3. The number of nitrogens with two attached hydrogens (primary N) is 1. The molecule has 0 aliphatic carbocycles. The molecule has 1 saturated heterocycles. The van der Waals surface area contributed by atoms with Gasteiger partial charge in [-0.2, -0.15) is 0 Å². The highest BCUT2D eigenvalue weighted by atomic mass is 32.1. The zero-order valence-corrected chi connectivity index (χ0v) is 10.9. The van der Waals surface area contributed by atoms with Gasteiger partial charge in [-0.3, -0.25) is 0 Å². The molecule has 4 heteroatoms. The average Bonchev–Trinajstić information content (AvgIpc) is 2.38. The van der Waals surface area contributed by atoms with Crippen LogP contribution < -0.4 is 10.6 Å².